The molecule has 3 aromatic rings. The second-order valence-electron chi connectivity index (χ2n) is 11.4. The molecular formula is C32H29F9NO4S. The summed E-state index contributed by atoms with van der Waals surface area (Å²) in [5, 5.41) is 0. The standard InChI is InChI=1S/C32H29F9NO4S/c33-23-11-13-24(14-12-23)47(43,44)29(15-17-42(18-16-29)28-6-1-2-19-45-28)21-7-9-22(10-8-21)30(31(36,37)38,32(39,40)41)46-20-25-26(34)4-3-5-27(25)35/h2-5,7-14,28H,1,6,15-20H2. The first-order valence-corrected chi connectivity index (χ1v) is 16.0. The molecule has 3 aromatic carbocycles. The summed E-state index contributed by atoms with van der Waals surface area (Å²) in [6.45, 7) is -0.995. The fraction of sp³-hybridized carbons (Fsp3) is 0.406. The van der Waals surface area contributed by atoms with Crippen molar-refractivity contribution in [3.05, 3.63) is 107 Å². The van der Waals surface area contributed by atoms with Gasteiger partial charge in [0.1, 0.15) is 28.4 Å². The lowest BCUT2D eigenvalue weighted by atomic mass is 9.85. The van der Waals surface area contributed by atoms with Gasteiger partial charge in [-0.3, -0.25) is 4.90 Å². The summed E-state index contributed by atoms with van der Waals surface area (Å²) in [7, 11) is -4.41. The molecule has 1 radical (unpaired) electrons. The van der Waals surface area contributed by atoms with Crippen molar-refractivity contribution >= 4 is 9.84 Å². The van der Waals surface area contributed by atoms with Crippen LogP contribution >= 0.6 is 0 Å². The van der Waals surface area contributed by atoms with Gasteiger partial charge in [0.15, 0.2) is 9.84 Å². The van der Waals surface area contributed by atoms with Crippen LogP contribution in [-0.4, -0.2) is 51.6 Å². The van der Waals surface area contributed by atoms with Crippen molar-refractivity contribution < 1.29 is 57.4 Å². The van der Waals surface area contributed by atoms with Crippen LogP contribution in [0.15, 0.2) is 71.6 Å². The van der Waals surface area contributed by atoms with E-state index < -0.39 is 67.7 Å². The molecule has 0 saturated carbocycles. The van der Waals surface area contributed by atoms with E-state index in [1.807, 2.05) is 11.3 Å². The third-order valence-electron chi connectivity index (χ3n) is 8.79. The fourth-order valence-corrected chi connectivity index (χ4v) is 8.33. The van der Waals surface area contributed by atoms with Crippen LogP contribution in [0.1, 0.15) is 42.4 Å². The maximum atomic E-state index is 14.5. The van der Waals surface area contributed by atoms with Crippen LogP contribution in [0.25, 0.3) is 0 Å². The number of piperidine rings is 1. The average molecular weight is 695 g/mol. The SMILES string of the molecule is O=S(=O)(c1ccc(F)cc1)C1(c2ccc(C(OCc3c(F)cccc3F)(C(F)(F)F)C(F)(F)F)cc2)CCN(C2CC[CH]CO2)CC1. The maximum absolute atomic E-state index is 14.5. The van der Waals surface area contributed by atoms with Gasteiger partial charge in [0, 0.05) is 24.2 Å². The van der Waals surface area contributed by atoms with Gasteiger partial charge in [-0.2, -0.15) is 26.3 Å². The number of rotatable bonds is 8. The number of alkyl halides is 6. The van der Waals surface area contributed by atoms with E-state index in [0.717, 1.165) is 48.9 Å². The lowest BCUT2D eigenvalue weighted by molar-refractivity contribution is -0.392. The van der Waals surface area contributed by atoms with Crippen LogP contribution in [0, 0.1) is 23.9 Å². The van der Waals surface area contributed by atoms with Crippen LogP contribution in [0.3, 0.4) is 0 Å². The van der Waals surface area contributed by atoms with Gasteiger partial charge < -0.3 is 9.47 Å². The second-order valence-corrected chi connectivity index (χ2v) is 13.6. The van der Waals surface area contributed by atoms with Gasteiger partial charge in [-0.1, -0.05) is 30.3 Å². The van der Waals surface area contributed by atoms with Crippen LogP contribution in [-0.2, 0) is 36.3 Å². The summed E-state index contributed by atoms with van der Waals surface area (Å²) >= 11 is 0. The topological polar surface area (TPSA) is 55.8 Å². The minimum Gasteiger partial charge on any atom is -0.363 e. The van der Waals surface area contributed by atoms with E-state index in [4.69, 9.17) is 4.74 Å². The van der Waals surface area contributed by atoms with E-state index in [2.05, 4.69) is 4.74 Å². The number of nitrogens with zero attached hydrogens (tertiary/aromatic N) is 1. The van der Waals surface area contributed by atoms with E-state index in [9.17, 15) is 47.9 Å². The van der Waals surface area contributed by atoms with Gasteiger partial charge in [0.2, 0.25) is 0 Å². The molecule has 0 amide bonds. The van der Waals surface area contributed by atoms with E-state index in [0.29, 0.717) is 37.3 Å². The summed E-state index contributed by atoms with van der Waals surface area (Å²) in [6, 6.07) is 8.79. The molecule has 5 nitrogen and oxygen atoms in total. The van der Waals surface area contributed by atoms with Crippen molar-refractivity contribution in [2.75, 3.05) is 19.7 Å². The minimum atomic E-state index is -6.17. The molecule has 0 aromatic heterocycles. The molecule has 0 spiro atoms. The van der Waals surface area contributed by atoms with Gasteiger partial charge in [0.05, 0.1) is 18.1 Å². The monoisotopic (exact) mass is 694 g/mol. The van der Waals surface area contributed by atoms with Crippen molar-refractivity contribution in [3.8, 4) is 0 Å². The smallest absolute Gasteiger partial charge is 0.363 e. The summed E-state index contributed by atoms with van der Waals surface area (Å²) < 4.78 is 166. The molecule has 2 saturated heterocycles. The molecule has 0 bridgehead atoms. The largest absolute Gasteiger partial charge is 0.430 e. The highest BCUT2D eigenvalue weighted by Crippen LogP contribution is 2.54. The average Bonchev–Trinajstić information content (AvgIpc) is 3.02. The van der Waals surface area contributed by atoms with E-state index in [-0.39, 0.29) is 42.6 Å². The summed E-state index contributed by atoms with van der Waals surface area (Å²) in [5.41, 5.74) is -7.74. The van der Waals surface area contributed by atoms with Crippen LogP contribution < -0.4 is 0 Å². The van der Waals surface area contributed by atoms with Crippen molar-refractivity contribution in [3.63, 3.8) is 0 Å². The molecular weight excluding hydrogens is 665 g/mol. The zero-order valence-corrected chi connectivity index (χ0v) is 25.4. The first kappa shape index (κ1) is 35.2. The highest BCUT2D eigenvalue weighted by Gasteiger charge is 2.73. The Balaban J connectivity index is 1.57. The summed E-state index contributed by atoms with van der Waals surface area (Å²) in [5.74, 6) is -3.53. The van der Waals surface area contributed by atoms with Crippen LogP contribution in [0.4, 0.5) is 39.5 Å². The Kier molecular flexibility index (Phi) is 9.77. The molecule has 2 fully saturated rings. The zero-order chi connectivity index (χ0) is 34.3. The highest BCUT2D eigenvalue weighted by molar-refractivity contribution is 7.92. The maximum Gasteiger partial charge on any atom is 0.430 e. The Hall–Kier alpha value is -3.14. The lowest BCUT2D eigenvalue weighted by Crippen LogP contribution is -2.56. The molecule has 255 valence electrons. The first-order valence-electron chi connectivity index (χ1n) is 14.5. The van der Waals surface area contributed by atoms with Crippen LogP contribution in [0.2, 0.25) is 0 Å². The minimum absolute atomic E-state index is 0.0958. The molecule has 5 rings (SSSR count). The Morgan fingerprint density at radius 2 is 1.40 bits per heavy atom. The second kappa shape index (κ2) is 13.1. The van der Waals surface area contributed by atoms with Crippen molar-refractivity contribution in [2.45, 2.75) is 66.1 Å². The Morgan fingerprint density at radius 1 is 0.830 bits per heavy atom. The Bertz CT molecular complexity index is 1610. The molecule has 15 heteroatoms. The number of benzene rings is 3. The highest BCUT2D eigenvalue weighted by atomic mass is 32.2. The van der Waals surface area contributed by atoms with Crippen molar-refractivity contribution in [1.29, 1.82) is 0 Å². The third-order valence-corrected chi connectivity index (χ3v) is 11.4. The predicted octanol–water partition coefficient (Wildman–Crippen LogP) is 7.75. The van der Waals surface area contributed by atoms with Gasteiger partial charge in [-0.25, -0.2) is 21.6 Å². The first-order chi connectivity index (χ1) is 22.0. The van der Waals surface area contributed by atoms with Crippen molar-refractivity contribution in [1.82, 2.24) is 4.90 Å². The van der Waals surface area contributed by atoms with E-state index >= 15 is 0 Å². The number of hydrogen-bond donors (Lipinski definition) is 0. The number of ether oxygens (including phenoxy) is 2. The Labute approximate surface area is 265 Å². The van der Waals surface area contributed by atoms with E-state index in [1.165, 1.54) is 0 Å². The summed E-state index contributed by atoms with van der Waals surface area (Å²) in [6.07, 6.45) is -9.49. The molecule has 1 unspecified atom stereocenters. The molecule has 2 aliphatic heterocycles. The van der Waals surface area contributed by atoms with Gasteiger partial charge in [-0.15, -0.1) is 0 Å². The molecule has 1 atom stereocenters. The Morgan fingerprint density at radius 3 is 1.91 bits per heavy atom. The number of hydrogen-bond acceptors (Lipinski definition) is 5. The van der Waals surface area contributed by atoms with E-state index in [1.54, 1.807) is 0 Å². The number of likely N-dealkylation sites (tertiary alicyclic amines) is 1. The van der Waals surface area contributed by atoms with Gasteiger partial charge >= 0.3 is 12.4 Å². The summed E-state index contributed by atoms with van der Waals surface area (Å²) in [4.78, 5) is 1.64. The molecule has 47 heavy (non-hydrogen) atoms. The number of sulfone groups is 1. The molecule has 0 aliphatic carbocycles. The third kappa shape index (κ3) is 6.39. The lowest BCUT2D eigenvalue weighted by Gasteiger charge is -2.45. The van der Waals surface area contributed by atoms with Gasteiger partial charge in [-0.05, 0) is 74.1 Å². The molecule has 0 N–H and O–H groups in total. The predicted molar refractivity (Wildman–Crippen MR) is 151 cm³/mol. The van der Waals surface area contributed by atoms with Gasteiger partial charge in [0.25, 0.3) is 5.60 Å². The fourth-order valence-electron chi connectivity index (χ4n) is 6.21. The normalized spacial score (nSPS) is 19.9. The molecule has 2 heterocycles. The number of halogens is 9. The van der Waals surface area contributed by atoms with Crippen molar-refractivity contribution in [2.24, 2.45) is 0 Å². The van der Waals surface area contributed by atoms with Crippen LogP contribution in [0.5, 0.6) is 0 Å². The molecule has 2 aliphatic rings. The zero-order valence-electron chi connectivity index (χ0n) is 24.6. The quantitative estimate of drug-likeness (QED) is 0.178.